The fraction of sp³-hybridized carbons (Fsp3) is 0.917. The van der Waals surface area contributed by atoms with Crippen LogP contribution >= 0.6 is 0 Å². The minimum atomic E-state index is 0.284. The third-order valence-electron chi connectivity index (χ3n) is 3.84. The molecule has 1 fully saturated rings. The summed E-state index contributed by atoms with van der Waals surface area (Å²) in [6, 6.07) is 0.821. The molecule has 0 saturated heterocycles. The zero-order valence-electron chi connectivity index (χ0n) is 11.1. The summed E-state index contributed by atoms with van der Waals surface area (Å²) in [6.45, 7) is 2.11. The van der Waals surface area contributed by atoms with Crippen LogP contribution in [0.15, 0.2) is 5.16 Å². The van der Waals surface area contributed by atoms with E-state index in [0.29, 0.717) is 24.4 Å². The Balaban J connectivity index is 2.47. The predicted molar refractivity (Wildman–Crippen MR) is 68.3 cm³/mol. The lowest BCUT2D eigenvalue weighted by molar-refractivity contribution is 0.0263. The van der Waals surface area contributed by atoms with Gasteiger partial charge in [0.05, 0.1) is 6.10 Å². The van der Waals surface area contributed by atoms with Crippen LogP contribution in [0.4, 0.5) is 0 Å². The molecule has 0 aromatic carbocycles. The molecule has 0 amide bonds. The van der Waals surface area contributed by atoms with Crippen molar-refractivity contribution < 1.29 is 9.94 Å². The number of methoxy groups -OCH3 is 1. The van der Waals surface area contributed by atoms with Crippen molar-refractivity contribution in [1.29, 1.82) is 0 Å². The van der Waals surface area contributed by atoms with Crippen molar-refractivity contribution in [2.45, 2.75) is 57.2 Å². The molecule has 3 N–H and O–H groups in total. The average molecular weight is 243 g/mol. The number of nitrogens with two attached hydrogens (primary N) is 1. The molecule has 0 aromatic heterocycles. The Labute approximate surface area is 104 Å². The summed E-state index contributed by atoms with van der Waals surface area (Å²) in [7, 11) is 3.89. The van der Waals surface area contributed by atoms with E-state index < -0.39 is 0 Å². The van der Waals surface area contributed by atoms with Gasteiger partial charge in [-0.2, -0.15) is 0 Å². The van der Waals surface area contributed by atoms with E-state index in [2.05, 4.69) is 24.0 Å². The van der Waals surface area contributed by atoms with Crippen molar-refractivity contribution in [1.82, 2.24) is 4.90 Å². The first kappa shape index (κ1) is 14.3. The lowest BCUT2D eigenvalue weighted by Gasteiger charge is -2.38. The fourth-order valence-corrected chi connectivity index (χ4v) is 2.55. The Morgan fingerprint density at radius 1 is 1.59 bits per heavy atom. The van der Waals surface area contributed by atoms with Gasteiger partial charge in [0, 0.05) is 25.6 Å². The van der Waals surface area contributed by atoms with E-state index in [1.807, 2.05) is 0 Å². The first-order valence-electron chi connectivity index (χ1n) is 6.29. The highest BCUT2D eigenvalue weighted by Crippen LogP contribution is 2.25. The van der Waals surface area contributed by atoms with Crippen LogP contribution in [-0.2, 0) is 4.74 Å². The first-order chi connectivity index (χ1) is 8.08. The Kier molecular flexibility index (Phi) is 5.71. The SMILES string of the molecule is COC1CCCC(N(C)C(C)CC(N)=NO)C1. The molecule has 100 valence electrons. The van der Waals surface area contributed by atoms with Crippen LogP contribution in [0.2, 0.25) is 0 Å². The second kappa shape index (κ2) is 6.81. The lowest BCUT2D eigenvalue weighted by atomic mass is 9.91. The second-order valence-electron chi connectivity index (χ2n) is 4.99. The van der Waals surface area contributed by atoms with E-state index in [9.17, 15) is 0 Å². The molecular formula is C12H25N3O2. The van der Waals surface area contributed by atoms with E-state index >= 15 is 0 Å². The number of ether oxygens (including phenoxy) is 1. The molecule has 1 aliphatic rings. The molecule has 1 saturated carbocycles. The standard InChI is InChI=1S/C12H25N3O2/c1-9(7-12(13)14-16)15(2)10-5-4-6-11(8-10)17-3/h9-11,16H,4-8H2,1-3H3,(H2,13,14). The maximum atomic E-state index is 8.58. The van der Waals surface area contributed by atoms with Crippen molar-refractivity contribution in [2.75, 3.05) is 14.2 Å². The Morgan fingerprint density at radius 2 is 2.29 bits per heavy atom. The summed E-state index contributed by atoms with van der Waals surface area (Å²) in [4.78, 5) is 2.32. The molecule has 0 aromatic rings. The van der Waals surface area contributed by atoms with Gasteiger partial charge < -0.3 is 20.6 Å². The molecule has 17 heavy (non-hydrogen) atoms. The summed E-state index contributed by atoms with van der Waals surface area (Å²) < 4.78 is 5.44. The number of hydrogen-bond donors (Lipinski definition) is 2. The van der Waals surface area contributed by atoms with Gasteiger partial charge in [-0.25, -0.2) is 0 Å². The third-order valence-corrected chi connectivity index (χ3v) is 3.84. The Bertz CT molecular complexity index is 258. The first-order valence-corrected chi connectivity index (χ1v) is 6.29. The smallest absolute Gasteiger partial charge is 0.140 e. The van der Waals surface area contributed by atoms with E-state index in [1.54, 1.807) is 7.11 Å². The topological polar surface area (TPSA) is 71.1 Å². The molecular weight excluding hydrogens is 218 g/mol. The van der Waals surface area contributed by atoms with Crippen molar-refractivity contribution in [3.05, 3.63) is 0 Å². The maximum absolute atomic E-state index is 8.58. The highest BCUT2D eigenvalue weighted by molar-refractivity contribution is 5.80. The molecule has 3 unspecified atom stereocenters. The van der Waals surface area contributed by atoms with Gasteiger partial charge in [0.25, 0.3) is 0 Å². The lowest BCUT2D eigenvalue weighted by Crippen LogP contribution is -2.44. The minimum Gasteiger partial charge on any atom is -0.409 e. The molecule has 0 radical (unpaired) electrons. The van der Waals surface area contributed by atoms with Gasteiger partial charge in [0.1, 0.15) is 5.84 Å². The van der Waals surface area contributed by atoms with Crippen LogP contribution in [-0.4, -0.2) is 48.3 Å². The zero-order valence-corrected chi connectivity index (χ0v) is 11.1. The molecule has 3 atom stereocenters. The van der Waals surface area contributed by atoms with Crippen molar-refractivity contribution in [2.24, 2.45) is 10.9 Å². The summed E-state index contributed by atoms with van der Waals surface area (Å²) in [5.74, 6) is 0.295. The van der Waals surface area contributed by atoms with Gasteiger partial charge in [0.2, 0.25) is 0 Å². The second-order valence-corrected chi connectivity index (χ2v) is 4.99. The highest BCUT2D eigenvalue weighted by Gasteiger charge is 2.27. The number of oxime groups is 1. The van der Waals surface area contributed by atoms with Gasteiger partial charge in [-0.1, -0.05) is 5.16 Å². The molecule has 0 bridgehead atoms. The molecule has 1 aliphatic carbocycles. The van der Waals surface area contributed by atoms with Crippen molar-refractivity contribution in [3.8, 4) is 0 Å². The predicted octanol–water partition coefficient (Wildman–Crippen LogP) is 1.40. The van der Waals surface area contributed by atoms with Gasteiger partial charge in [-0.3, -0.25) is 0 Å². The molecule has 0 spiro atoms. The zero-order chi connectivity index (χ0) is 12.8. The number of rotatable bonds is 5. The van der Waals surface area contributed by atoms with E-state index in [1.165, 1.54) is 12.8 Å². The monoisotopic (exact) mass is 243 g/mol. The highest BCUT2D eigenvalue weighted by atomic mass is 16.5. The Hall–Kier alpha value is -0.810. The van der Waals surface area contributed by atoms with E-state index in [4.69, 9.17) is 15.7 Å². The summed E-state index contributed by atoms with van der Waals surface area (Å²) in [6.07, 6.45) is 5.64. The number of nitrogens with zero attached hydrogens (tertiary/aromatic N) is 2. The van der Waals surface area contributed by atoms with Crippen LogP contribution in [0, 0.1) is 0 Å². The fourth-order valence-electron chi connectivity index (χ4n) is 2.55. The quantitative estimate of drug-likeness (QED) is 0.331. The van der Waals surface area contributed by atoms with Crippen molar-refractivity contribution in [3.63, 3.8) is 0 Å². The van der Waals surface area contributed by atoms with Gasteiger partial charge in [-0.05, 0) is 39.7 Å². The van der Waals surface area contributed by atoms with Gasteiger partial charge >= 0.3 is 0 Å². The Morgan fingerprint density at radius 3 is 2.88 bits per heavy atom. The summed E-state index contributed by atoms with van der Waals surface area (Å²) >= 11 is 0. The van der Waals surface area contributed by atoms with E-state index in [-0.39, 0.29) is 6.04 Å². The number of amidine groups is 1. The van der Waals surface area contributed by atoms with Crippen LogP contribution in [0.3, 0.4) is 0 Å². The van der Waals surface area contributed by atoms with Gasteiger partial charge in [-0.15, -0.1) is 0 Å². The summed E-state index contributed by atoms with van der Waals surface area (Å²) in [5.41, 5.74) is 5.54. The van der Waals surface area contributed by atoms with E-state index in [0.717, 1.165) is 12.8 Å². The third kappa shape index (κ3) is 4.16. The molecule has 0 heterocycles. The van der Waals surface area contributed by atoms with Crippen LogP contribution in [0.1, 0.15) is 39.0 Å². The molecule has 5 nitrogen and oxygen atoms in total. The number of hydrogen-bond acceptors (Lipinski definition) is 4. The average Bonchev–Trinajstić information content (AvgIpc) is 2.37. The summed E-state index contributed by atoms with van der Waals surface area (Å²) in [5, 5.41) is 11.6. The molecule has 5 heteroatoms. The van der Waals surface area contributed by atoms with Crippen LogP contribution < -0.4 is 5.73 Å². The minimum absolute atomic E-state index is 0.284. The normalized spacial score (nSPS) is 28.4. The molecule has 1 rings (SSSR count). The van der Waals surface area contributed by atoms with Gasteiger partial charge in [0.15, 0.2) is 0 Å². The molecule has 0 aliphatic heterocycles. The van der Waals surface area contributed by atoms with Crippen molar-refractivity contribution >= 4 is 5.84 Å². The van der Waals surface area contributed by atoms with Crippen LogP contribution in [0.5, 0.6) is 0 Å². The largest absolute Gasteiger partial charge is 0.409 e. The van der Waals surface area contributed by atoms with Crippen LogP contribution in [0.25, 0.3) is 0 Å². The maximum Gasteiger partial charge on any atom is 0.140 e.